The van der Waals surface area contributed by atoms with Crippen molar-refractivity contribution >= 4 is 5.91 Å². The number of carbonyl (C=O) groups is 1. The molecule has 112 valence electrons. The number of rotatable bonds is 3. The molecule has 1 atom stereocenters. The molecular weight excluding hydrogens is 274 g/mol. The minimum absolute atomic E-state index is 0.112. The number of nitrogens with zero attached hydrogens (tertiary/aromatic N) is 3. The van der Waals surface area contributed by atoms with Gasteiger partial charge in [0.15, 0.2) is 0 Å². The Morgan fingerprint density at radius 1 is 1.09 bits per heavy atom. The molecular formula is C18H19N3O. The molecule has 4 rings (SSSR count). The Kier molecular flexibility index (Phi) is 3.39. The summed E-state index contributed by atoms with van der Waals surface area (Å²) < 4.78 is 0. The molecule has 3 heterocycles. The molecule has 0 radical (unpaired) electrons. The van der Waals surface area contributed by atoms with Gasteiger partial charge in [0.2, 0.25) is 0 Å². The van der Waals surface area contributed by atoms with Gasteiger partial charge in [-0.05, 0) is 24.6 Å². The van der Waals surface area contributed by atoms with Gasteiger partial charge in [0.25, 0.3) is 5.91 Å². The van der Waals surface area contributed by atoms with Gasteiger partial charge in [0, 0.05) is 49.1 Å². The molecule has 0 bridgehead atoms. The van der Waals surface area contributed by atoms with E-state index in [9.17, 15) is 4.79 Å². The Morgan fingerprint density at radius 2 is 1.95 bits per heavy atom. The van der Waals surface area contributed by atoms with Crippen molar-refractivity contribution in [2.24, 2.45) is 0 Å². The van der Waals surface area contributed by atoms with Crippen molar-refractivity contribution in [3.63, 3.8) is 0 Å². The number of aromatic nitrogens is 1. The van der Waals surface area contributed by atoms with Gasteiger partial charge >= 0.3 is 0 Å². The lowest BCUT2D eigenvalue weighted by atomic mass is 10.1. The molecule has 1 saturated heterocycles. The average Bonchev–Trinajstić information content (AvgIpc) is 2.88. The third-order valence-electron chi connectivity index (χ3n) is 4.60. The average molecular weight is 293 g/mol. The van der Waals surface area contributed by atoms with Gasteiger partial charge in [-0.25, -0.2) is 0 Å². The third-order valence-corrected chi connectivity index (χ3v) is 4.60. The second-order valence-corrected chi connectivity index (χ2v) is 5.92. The van der Waals surface area contributed by atoms with Crippen LogP contribution < -0.4 is 0 Å². The zero-order valence-corrected chi connectivity index (χ0v) is 12.5. The highest BCUT2D eigenvalue weighted by Gasteiger charge is 2.41. The van der Waals surface area contributed by atoms with Gasteiger partial charge in [0.1, 0.15) is 6.17 Å². The first kappa shape index (κ1) is 13.5. The summed E-state index contributed by atoms with van der Waals surface area (Å²) in [6, 6.07) is 14.1. The van der Waals surface area contributed by atoms with Crippen LogP contribution in [-0.4, -0.2) is 40.3 Å². The first-order valence-corrected chi connectivity index (χ1v) is 7.88. The van der Waals surface area contributed by atoms with Crippen molar-refractivity contribution in [2.75, 3.05) is 19.6 Å². The van der Waals surface area contributed by atoms with Crippen molar-refractivity contribution in [3.05, 3.63) is 65.5 Å². The first-order valence-electron chi connectivity index (χ1n) is 7.88. The molecule has 0 aliphatic carbocycles. The summed E-state index contributed by atoms with van der Waals surface area (Å²) >= 11 is 0. The Bertz CT molecular complexity index is 686. The topological polar surface area (TPSA) is 36.4 Å². The van der Waals surface area contributed by atoms with Crippen LogP contribution in [0.15, 0.2) is 48.7 Å². The summed E-state index contributed by atoms with van der Waals surface area (Å²) in [7, 11) is 0. The van der Waals surface area contributed by atoms with Crippen LogP contribution in [0.1, 0.15) is 34.2 Å². The van der Waals surface area contributed by atoms with E-state index in [-0.39, 0.29) is 12.1 Å². The van der Waals surface area contributed by atoms with E-state index in [2.05, 4.69) is 22.0 Å². The van der Waals surface area contributed by atoms with Crippen molar-refractivity contribution in [1.82, 2.24) is 14.8 Å². The number of carbonyl (C=O) groups excluding carboxylic acids is 1. The van der Waals surface area contributed by atoms with Crippen LogP contribution in [0.4, 0.5) is 0 Å². The number of hydrogen-bond acceptors (Lipinski definition) is 3. The van der Waals surface area contributed by atoms with Crippen LogP contribution in [0, 0.1) is 0 Å². The Labute approximate surface area is 130 Å². The fraction of sp³-hybridized carbons (Fsp3) is 0.333. The van der Waals surface area contributed by atoms with E-state index in [0.717, 1.165) is 49.3 Å². The van der Waals surface area contributed by atoms with Gasteiger partial charge in [-0.2, -0.15) is 0 Å². The quantitative estimate of drug-likeness (QED) is 0.872. The van der Waals surface area contributed by atoms with Gasteiger partial charge in [-0.3, -0.25) is 14.7 Å². The van der Waals surface area contributed by atoms with Crippen molar-refractivity contribution < 1.29 is 4.79 Å². The van der Waals surface area contributed by atoms with Gasteiger partial charge in [-0.15, -0.1) is 0 Å². The second kappa shape index (κ2) is 5.54. The monoisotopic (exact) mass is 293 g/mol. The van der Waals surface area contributed by atoms with E-state index in [1.54, 1.807) is 0 Å². The predicted molar refractivity (Wildman–Crippen MR) is 84.4 cm³/mol. The van der Waals surface area contributed by atoms with Crippen molar-refractivity contribution in [1.29, 1.82) is 0 Å². The fourth-order valence-electron chi connectivity index (χ4n) is 3.57. The highest BCUT2D eigenvalue weighted by molar-refractivity contribution is 5.99. The highest BCUT2D eigenvalue weighted by atomic mass is 16.2. The third kappa shape index (κ3) is 2.20. The molecule has 0 saturated carbocycles. The number of amides is 1. The maximum Gasteiger partial charge on any atom is 0.255 e. The number of hydrogen-bond donors (Lipinski definition) is 0. The predicted octanol–water partition coefficient (Wildman–Crippen LogP) is 2.48. The molecule has 2 aliphatic rings. The number of benzene rings is 1. The molecule has 0 unspecified atom stereocenters. The van der Waals surface area contributed by atoms with E-state index in [4.69, 9.17) is 0 Å². The molecule has 4 heteroatoms. The Morgan fingerprint density at radius 3 is 2.82 bits per heavy atom. The van der Waals surface area contributed by atoms with Gasteiger partial charge < -0.3 is 4.90 Å². The van der Waals surface area contributed by atoms with E-state index in [1.807, 2.05) is 41.4 Å². The highest BCUT2D eigenvalue weighted by Crippen LogP contribution is 2.38. The maximum atomic E-state index is 12.5. The van der Waals surface area contributed by atoms with Crippen LogP contribution in [0.2, 0.25) is 0 Å². The van der Waals surface area contributed by atoms with Crippen LogP contribution in [-0.2, 0) is 6.42 Å². The summed E-state index contributed by atoms with van der Waals surface area (Å²) in [6.07, 6.45) is 3.91. The maximum absolute atomic E-state index is 12.5. The number of pyridine rings is 1. The minimum Gasteiger partial charge on any atom is -0.319 e. The molecule has 22 heavy (non-hydrogen) atoms. The molecule has 2 aliphatic heterocycles. The second-order valence-electron chi connectivity index (χ2n) is 5.92. The molecule has 2 aromatic rings. The summed E-state index contributed by atoms with van der Waals surface area (Å²) in [5, 5.41) is 0. The largest absolute Gasteiger partial charge is 0.319 e. The lowest BCUT2D eigenvalue weighted by Gasteiger charge is -2.40. The van der Waals surface area contributed by atoms with Gasteiger partial charge in [0.05, 0.1) is 0 Å². The van der Waals surface area contributed by atoms with Gasteiger partial charge in [-0.1, -0.05) is 24.3 Å². The van der Waals surface area contributed by atoms with Crippen LogP contribution in [0.3, 0.4) is 0 Å². The van der Waals surface area contributed by atoms with Crippen molar-refractivity contribution in [3.8, 4) is 0 Å². The molecule has 1 aromatic carbocycles. The standard InChI is InChI=1S/C18H19N3O/c22-18-16-8-2-1-7-15(16)17-20(11-5-12-21(17)18)13-9-14-6-3-4-10-19-14/h1-4,6-8,10,17H,5,9,11-13H2/t17-/m1/s1. The normalized spacial score (nSPS) is 20.8. The summed E-state index contributed by atoms with van der Waals surface area (Å²) in [6.45, 7) is 2.83. The minimum atomic E-state index is 0.112. The molecule has 0 spiro atoms. The molecule has 4 nitrogen and oxygen atoms in total. The number of fused-ring (bicyclic) bond motifs is 3. The molecule has 1 aromatic heterocycles. The Hall–Kier alpha value is -2.20. The Balaban J connectivity index is 1.57. The molecule has 1 amide bonds. The van der Waals surface area contributed by atoms with E-state index in [1.165, 1.54) is 0 Å². The molecule has 0 N–H and O–H groups in total. The van der Waals surface area contributed by atoms with Crippen molar-refractivity contribution in [2.45, 2.75) is 19.0 Å². The van der Waals surface area contributed by atoms with E-state index >= 15 is 0 Å². The smallest absolute Gasteiger partial charge is 0.255 e. The molecule has 1 fully saturated rings. The van der Waals surface area contributed by atoms with E-state index < -0.39 is 0 Å². The lowest BCUT2D eigenvalue weighted by molar-refractivity contribution is 0.0169. The van der Waals surface area contributed by atoms with Crippen LogP contribution in [0.25, 0.3) is 0 Å². The van der Waals surface area contributed by atoms with Crippen LogP contribution >= 0.6 is 0 Å². The summed E-state index contributed by atoms with van der Waals surface area (Å²) in [5.74, 6) is 0.183. The SMILES string of the molecule is O=C1c2ccccc2[C@@H]2N(CCc3ccccn3)CCCN12. The van der Waals surface area contributed by atoms with Crippen LogP contribution in [0.5, 0.6) is 0 Å². The first-order chi connectivity index (χ1) is 10.8. The zero-order valence-electron chi connectivity index (χ0n) is 12.5. The zero-order chi connectivity index (χ0) is 14.9. The summed E-state index contributed by atoms with van der Waals surface area (Å²) in [4.78, 5) is 21.4. The summed E-state index contributed by atoms with van der Waals surface area (Å²) in [5.41, 5.74) is 3.14. The lowest BCUT2D eigenvalue weighted by Crippen LogP contribution is -2.46. The fourth-order valence-corrected chi connectivity index (χ4v) is 3.57. The van der Waals surface area contributed by atoms with E-state index in [0.29, 0.717) is 0 Å².